The van der Waals surface area contributed by atoms with E-state index in [1.807, 2.05) is 6.08 Å². The van der Waals surface area contributed by atoms with Crippen molar-refractivity contribution in [3.8, 4) is 0 Å². The van der Waals surface area contributed by atoms with Crippen molar-refractivity contribution in [1.29, 1.82) is 0 Å². The molecule has 0 heterocycles. The molecule has 62 valence electrons. The van der Waals surface area contributed by atoms with Crippen LogP contribution in [0.5, 0.6) is 0 Å². The Morgan fingerprint density at radius 1 is 1.64 bits per heavy atom. The largest absolute Gasteiger partial charge is 0.392 e. The molecule has 0 amide bonds. The smallest absolute Gasteiger partial charge is 0.0678 e. The number of hydrogen-bond acceptors (Lipinski definition) is 1. The molecule has 0 saturated heterocycles. The second-order valence-corrected chi connectivity index (χ2v) is 3.44. The van der Waals surface area contributed by atoms with E-state index >= 15 is 0 Å². The minimum Gasteiger partial charge on any atom is -0.392 e. The van der Waals surface area contributed by atoms with Gasteiger partial charge in [0.25, 0.3) is 0 Å². The first kappa shape index (κ1) is 8.54. The van der Waals surface area contributed by atoms with Crippen molar-refractivity contribution in [2.24, 2.45) is 11.8 Å². The fourth-order valence-electron chi connectivity index (χ4n) is 1.29. The Kier molecular flexibility index (Phi) is 2.89. The summed E-state index contributed by atoms with van der Waals surface area (Å²) in [5.41, 5.74) is 1.06. The monoisotopic (exact) mass is 152 g/mol. The van der Waals surface area contributed by atoms with E-state index in [1.165, 1.54) is 0 Å². The molecule has 0 unspecified atom stereocenters. The first-order valence-electron chi connectivity index (χ1n) is 4.22. The Morgan fingerprint density at radius 3 is 2.73 bits per heavy atom. The number of allylic oxidation sites excluding steroid dienone is 2. The number of aliphatic hydroxyl groups excluding tert-OH is 1. The average molecular weight is 152 g/mol. The summed E-state index contributed by atoms with van der Waals surface area (Å²) in [7, 11) is 0. The van der Waals surface area contributed by atoms with E-state index in [0.717, 1.165) is 12.0 Å². The van der Waals surface area contributed by atoms with Gasteiger partial charge < -0.3 is 5.11 Å². The van der Waals surface area contributed by atoms with Crippen molar-refractivity contribution in [3.63, 3.8) is 0 Å². The van der Waals surface area contributed by atoms with E-state index in [4.69, 9.17) is 5.11 Å². The van der Waals surface area contributed by atoms with Gasteiger partial charge in [-0.05, 0) is 23.8 Å². The Labute approximate surface area is 68.4 Å². The average Bonchev–Trinajstić information content (AvgIpc) is 2.05. The predicted octanol–water partition coefficient (Wildman–Crippen LogP) is 2.14. The van der Waals surface area contributed by atoms with Crippen molar-refractivity contribution < 1.29 is 5.11 Å². The van der Waals surface area contributed by atoms with Crippen molar-refractivity contribution in [2.45, 2.75) is 20.3 Å². The molecule has 0 aliphatic heterocycles. The van der Waals surface area contributed by atoms with Crippen LogP contribution in [0.25, 0.3) is 0 Å². The lowest BCUT2D eigenvalue weighted by Gasteiger charge is -2.18. The third-order valence-corrected chi connectivity index (χ3v) is 2.25. The quantitative estimate of drug-likeness (QED) is 0.642. The van der Waals surface area contributed by atoms with E-state index in [2.05, 4.69) is 26.0 Å². The Balaban J connectivity index is 2.50. The fraction of sp³-hybridized carbons (Fsp3) is 0.600. The summed E-state index contributed by atoms with van der Waals surface area (Å²) in [5, 5.41) is 8.80. The van der Waals surface area contributed by atoms with Crippen molar-refractivity contribution in [2.75, 3.05) is 6.61 Å². The zero-order valence-electron chi connectivity index (χ0n) is 7.25. The summed E-state index contributed by atoms with van der Waals surface area (Å²) in [4.78, 5) is 0. The van der Waals surface area contributed by atoms with Crippen LogP contribution >= 0.6 is 0 Å². The van der Waals surface area contributed by atoms with Crippen LogP contribution in [0.4, 0.5) is 0 Å². The lowest BCUT2D eigenvalue weighted by atomic mass is 9.88. The van der Waals surface area contributed by atoms with Gasteiger partial charge in [-0.2, -0.15) is 0 Å². The fourth-order valence-corrected chi connectivity index (χ4v) is 1.29. The zero-order chi connectivity index (χ0) is 8.27. The van der Waals surface area contributed by atoms with E-state index in [0.29, 0.717) is 11.8 Å². The molecule has 1 aliphatic carbocycles. The Bertz CT molecular complexity index is 177. The summed E-state index contributed by atoms with van der Waals surface area (Å²) in [6.45, 7) is 4.64. The second kappa shape index (κ2) is 3.72. The molecule has 0 fully saturated rings. The van der Waals surface area contributed by atoms with Crippen molar-refractivity contribution in [3.05, 3.63) is 23.8 Å². The third kappa shape index (κ3) is 2.19. The van der Waals surface area contributed by atoms with Crippen molar-refractivity contribution in [1.82, 2.24) is 0 Å². The molecule has 0 radical (unpaired) electrons. The van der Waals surface area contributed by atoms with Crippen LogP contribution in [0, 0.1) is 11.8 Å². The van der Waals surface area contributed by atoms with Crippen LogP contribution in [0.1, 0.15) is 20.3 Å². The molecule has 1 heteroatoms. The lowest BCUT2D eigenvalue weighted by molar-refractivity contribution is 0.332. The molecule has 0 aromatic carbocycles. The van der Waals surface area contributed by atoms with Gasteiger partial charge in [0, 0.05) is 0 Å². The van der Waals surface area contributed by atoms with E-state index in [1.54, 1.807) is 0 Å². The molecule has 0 saturated carbocycles. The van der Waals surface area contributed by atoms with Gasteiger partial charge in [0.2, 0.25) is 0 Å². The summed E-state index contributed by atoms with van der Waals surface area (Å²) in [6, 6.07) is 0. The highest BCUT2D eigenvalue weighted by atomic mass is 16.3. The van der Waals surface area contributed by atoms with Crippen LogP contribution in [0.15, 0.2) is 23.8 Å². The molecular formula is C10H16O. The molecule has 1 atom stereocenters. The molecule has 11 heavy (non-hydrogen) atoms. The van der Waals surface area contributed by atoms with Crippen LogP contribution in [-0.4, -0.2) is 11.7 Å². The summed E-state index contributed by atoms with van der Waals surface area (Å²) in [5.74, 6) is 1.38. The summed E-state index contributed by atoms with van der Waals surface area (Å²) >= 11 is 0. The molecular weight excluding hydrogens is 136 g/mol. The molecule has 0 spiro atoms. The molecule has 1 nitrogen and oxygen atoms in total. The van der Waals surface area contributed by atoms with Gasteiger partial charge in [-0.3, -0.25) is 0 Å². The zero-order valence-corrected chi connectivity index (χ0v) is 7.25. The summed E-state index contributed by atoms with van der Waals surface area (Å²) in [6.07, 6.45) is 7.46. The van der Waals surface area contributed by atoms with Gasteiger partial charge in [0.15, 0.2) is 0 Å². The van der Waals surface area contributed by atoms with Gasteiger partial charge in [-0.1, -0.05) is 32.1 Å². The van der Waals surface area contributed by atoms with E-state index in [9.17, 15) is 0 Å². The van der Waals surface area contributed by atoms with Crippen LogP contribution in [0.3, 0.4) is 0 Å². The van der Waals surface area contributed by atoms with Gasteiger partial charge in [-0.15, -0.1) is 0 Å². The number of hydrogen-bond donors (Lipinski definition) is 1. The Hall–Kier alpha value is -0.560. The highest BCUT2D eigenvalue weighted by molar-refractivity contribution is 5.23. The predicted molar refractivity (Wildman–Crippen MR) is 47.3 cm³/mol. The maximum Gasteiger partial charge on any atom is 0.0678 e. The normalized spacial score (nSPS) is 24.0. The standard InChI is InChI=1S/C10H16O/c1-8(2)10-5-3-9(7-11)4-6-10/h3-5,8,10-11H,6-7H2,1-2H3/t10-/m0/s1. The van der Waals surface area contributed by atoms with E-state index in [-0.39, 0.29) is 6.61 Å². The van der Waals surface area contributed by atoms with E-state index < -0.39 is 0 Å². The second-order valence-electron chi connectivity index (χ2n) is 3.44. The highest BCUT2D eigenvalue weighted by Gasteiger charge is 2.11. The molecule has 0 bridgehead atoms. The van der Waals surface area contributed by atoms with Crippen LogP contribution in [-0.2, 0) is 0 Å². The minimum absolute atomic E-state index is 0.182. The minimum atomic E-state index is 0.182. The molecule has 0 aromatic rings. The van der Waals surface area contributed by atoms with Crippen LogP contribution in [0.2, 0.25) is 0 Å². The highest BCUT2D eigenvalue weighted by Crippen LogP contribution is 2.22. The molecule has 1 aliphatic rings. The Morgan fingerprint density at radius 2 is 2.36 bits per heavy atom. The third-order valence-electron chi connectivity index (χ3n) is 2.25. The maximum absolute atomic E-state index is 8.80. The van der Waals surface area contributed by atoms with Gasteiger partial charge in [0.1, 0.15) is 0 Å². The topological polar surface area (TPSA) is 20.2 Å². The van der Waals surface area contributed by atoms with Gasteiger partial charge in [0.05, 0.1) is 6.61 Å². The molecule has 1 N–H and O–H groups in total. The summed E-state index contributed by atoms with van der Waals surface area (Å²) < 4.78 is 0. The van der Waals surface area contributed by atoms with Gasteiger partial charge in [-0.25, -0.2) is 0 Å². The SMILES string of the molecule is CC(C)[C@H]1C=CC(CO)=CC1. The molecule has 0 aromatic heterocycles. The van der Waals surface area contributed by atoms with Gasteiger partial charge >= 0.3 is 0 Å². The maximum atomic E-state index is 8.80. The number of rotatable bonds is 2. The number of aliphatic hydroxyl groups is 1. The first-order valence-corrected chi connectivity index (χ1v) is 4.22. The van der Waals surface area contributed by atoms with Crippen molar-refractivity contribution >= 4 is 0 Å². The lowest BCUT2D eigenvalue weighted by Crippen LogP contribution is -2.08. The first-order chi connectivity index (χ1) is 5.24. The molecule has 1 rings (SSSR count). The van der Waals surface area contributed by atoms with Crippen LogP contribution < -0.4 is 0 Å².